The number of nitrogens with zero attached hydrogens (tertiary/aromatic N) is 1. The largest absolute Gasteiger partial charge is 0.356 e. The van der Waals surface area contributed by atoms with Crippen molar-refractivity contribution < 1.29 is 8.91 Å². The quantitative estimate of drug-likeness (QED) is 0.716. The molecule has 0 aliphatic carbocycles. The Morgan fingerprint density at radius 1 is 1.22 bits per heavy atom. The number of fused-ring (bicyclic) bond motifs is 1. The molecule has 2 nitrogen and oxygen atoms in total. The minimum atomic E-state index is -0.272. The molecular formula is C15H20FNO. The summed E-state index contributed by atoms with van der Waals surface area (Å²) in [6, 6.07) is 4.67. The molecule has 1 unspecified atom stereocenters. The summed E-state index contributed by atoms with van der Waals surface area (Å²) in [6.45, 7) is 4.38. The Morgan fingerprint density at radius 3 is 2.78 bits per heavy atom. The summed E-state index contributed by atoms with van der Waals surface area (Å²) in [5.74, 6) is 0.160. The summed E-state index contributed by atoms with van der Waals surface area (Å²) in [6.07, 6.45) is 5.75. The number of benzene rings is 1. The first-order valence-corrected chi connectivity index (χ1v) is 6.81. The van der Waals surface area contributed by atoms with E-state index in [0.29, 0.717) is 11.5 Å². The lowest BCUT2D eigenvalue weighted by Crippen LogP contribution is -1.99. The van der Waals surface area contributed by atoms with E-state index in [1.807, 2.05) is 0 Å². The van der Waals surface area contributed by atoms with Crippen molar-refractivity contribution >= 4 is 11.0 Å². The van der Waals surface area contributed by atoms with Gasteiger partial charge in [0.2, 0.25) is 0 Å². The highest BCUT2D eigenvalue weighted by Gasteiger charge is 2.18. The Kier molecular flexibility index (Phi) is 4.34. The van der Waals surface area contributed by atoms with Crippen molar-refractivity contribution in [2.45, 2.75) is 51.9 Å². The molecule has 0 saturated carbocycles. The van der Waals surface area contributed by atoms with E-state index in [0.717, 1.165) is 30.3 Å². The molecule has 0 saturated heterocycles. The third kappa shape index (κ3) is 2.71. The van der Waals surface area contributed by atoms with Crippen LogP contribution in [0, 0.1) is 5.82 Å². The van der Waals surface area contributed by atoms with Gasteiger partial charge < -0.3 is 4.52 Å². The van der Waals surface area contributed by atoms with E-state index in [9.17, 15) is 4.39 Å². The summed E-state index contributed by atoms with van der Waals surface area (Å²) in [4.78, 5) is 0. The number of rotatable bonds is 6. The third-order valence-corrected chi connectivity index (χ3v) is 3.39. The summed E-state index contributed by atoms with van der Waals surface area (Å²) < 4.78 is 18.4. The number of hydrogen-bond acceptors (Lipinski definition) is 2. The van der Waals surface area contributed by atoms with Crippen LogP contribution in [0.3, 0.4) is 0 Å². The number of unbranched alkanes of at least 4 members (excludes halogenated alkanes) is 1. The molecule has 98 valence electrons. The van der Waals surface area contributed by atoms with Crippen molar-refractivity contribution in [1.82, 2.24) is 5.16 Å². The van der Waals surface area contributed by atoms with Crippen LogP contribution < -0.4 is 0 Å². The Hall–Kier alpha value is -1.38. The molecule has 1 atom stereocenters. The maximum absolute atomic E-state index is 13.1. The van der Waals surface area contributed by atoms with Crippen molar-refractivity contribution in [2.75, 3.05) is 0 Å². The number of hydrogen-bond donors (Lipinski definition) is 0. The average Bonchev–Trinajstić information content (AvgIpc) is 2.77. The van der Waals surface area contributed by atoms with Crippen LogP contribution in [0.1, 0.15) is 57.6 Å². The monoisotopic (exact) mass is 249 g/mol. The van der Waals surface area contributed by atoms with E-state index in [1.165, 1.54) is 25.0 Å². The average molecular weight is 249 g/mol. The van der Waals surface area contributed by atoms with Crippen LogP contribution in [0.25, 0.3) is 11.0 Å². The zero-order valence-electron chi connectivity index (χ0n) is 11.1. The smallest absolute Gasteiger partial charge is 0.170 e. The van der Waals surface area contributed by atoms with E-state index in [2.05, 4.69) is 19.0 Å². The van der Waals surface area contributed by atoms with Gasteiger partial charge in [0.1, 0.15) is 5.82 Å². The SMILES string of the molecule is CCCCC(CCC)c1noc2cc(F)ccc12. The van der Waals surface area contributed by atoms with Gasteiger partial charge in [-0.2, -0.15) is 0 Å². The molecule has 0 bridgehead atoms. The maximum atomic E-state index is 13.1. The van der Waals surface area contributed by atoms with Gasteiger partial charge in [0.05, 0.1) is 5.69 Å². The number of aromatic nitrogens is 1. The topological polar surface area (TPSA) is 26.0 Å². The van der Waals surface area contributed by atoms with Crippen molar-refractivity contribution in [2.24, 2.45) is 0 Å². The minimum Gasteiger partial charge on any atom is -0.356 e. The Labute approximate surface area is 107 Å². The molecule has 0 fully saturated rings. The van der Waals surface area contributed by atoms with Crippen molar-refractivity contribution in [3.05, 3.63) is 29.7 Å². The highest BCUT2D eigenvalue weighted by Crippen LogP contribution is 2.32. The van der Waals surface area contributed by atoms with Crippen LogP contribution in [0.5, 0.6) is 0 Å². The summed E-state index contributed by atoms with van der Waals surface area (Å²) in [7, 11) is 0. The minimum absolute atomic E-state index is 0.272. The third-order valence-electron chi connectivity index (χ3n) is 3.39. The van der Waals surface area contributed by atoms with E-state index in [1.54, 1.807) is 6.07 Å². The van der Waals surface area contributed by atoms with Crippen LogP contribution >= 0.6 is 0 Å². The molecule has 0 N–H and O–H groups in total. The standard InChI is InChI=1S/C15H20FNO/c1-3-5-7-11(6-4-2)15-13-9-8-12(16)10-14(13)18-17-15/h8-11H,3-7H2,1-2H3. The second kappa shape index (κ2) is 5.98. The first-order valence-electron chi connectivity index (χ1n) is 6.81. The van der Waals surface area contributed by atoms with Gasteiger partial charge in [-0.3, -0.25) is 0 Å². The molecular weight excluding hydrogens is 229 g/mol. The lowest BCUT2D eigenvalue weighted by molar-refractivity contribution is 0.422. The van der Waals surface area contributed by atoms with Gasteiger partial charge >= 0.3 is 0 Å². The maximum Gasteiger partial charge on any atom is 0.170 e. The molecule has 0 spiro atoms. The predicted octanol–water partition coefficient (Wildman–Crippen LogP) is 5.04. The van der Waals surface area contributed by atoms with Crippen molar-refractivity contribution in [1.29, 1.82) is 0 Å². The van der Waals surface area contributed by atoms with Gasteiger partial charge in [0.25, 0.3) is 0 Å². The summed E-state index contributed by atoms with van der Waals surface area (Å²) in [5.41, 5.74) is 1.56. The highest BCUT2D eigenvalue weighted by molar-refractivity contribution is 5.79. The molecule has 1 heterocycles. The second-order valence-corrected chi connectivity index (χ2v) is 4.84. The van der Waals surface area contributed by atoms with Crippen LogP contribution in [0.4, 0.5) is 4.39 Å². The molecule has 0 radical (unpaired) electrons. The highest BCUT2D eigenvalue weighted by atomic mass is 19.1. The van der Waals surface area contributed by atoms with E-state index in [-0.39, 0.29) is 5.82 Å². The Bertz CT molecular complexity index is 506. The van der Waals surface area contributed by atoms with Crippen molar-refractivity contribution in [3.63, 3.8) is 0 Å². The van der Waals surface area contributed by atoms with Crippen LogP contribution in [-0.4, -0.2) is 5.16 Å². The molecule has 0 aliphatic rings. The summed E-state index contributed by atoms with van der Waals surface area (Å²) >= 11 is 0. The first-order chi connectivity index (χ1) is 8.76. The zero-order valence-corrected chi connectivity index (χ0v) is 11.1. The van der Waals surface area contributed by atoms with Crippen LogP contribution in [0.15, 0.2) is 22.7 Å². The fraction of sp³-hybridized carbons (Fsp3) is 0.533. The molecule has 0 amide bonds. The molecule has 0 aliphatic heterocycles. The zero-order chi connectivity index (χ0) is 13.0. The van der Waals surface area contributed by atoms with Crippen LogP contribution in [0.2, 0.25) is 0 Å². The number of halogens is 1. The molecule has 3 heteroatoms. The molecule has 1 aromatic heterocycles. The predicted molar refractivity (Wildman–Crippen MR) is 71.1 cm³/mol. The Morgan fingerprint density at radius 2 is 2.06 bits per heavy atom. The van der Waals surface area contributed by atoms with Gasteiger partial charge in [-0.1, -0.05) is 38.3 Å². The first kappa shape index (κ1) is 13.1. The van der Waals surface area contributed by atoms with Gasteiger partial charge in [0.15, 0.2) is 5.58 Å². The van der Waals surface area contributed by atoms with E-state index >= 15 is 0 Å². The fourth-order valence-corrected chi connectivity index (χ4v) is 2.44. The fourth-order valence-electron chi connectivity index (χ4n) is 2.44. The lowest BCUT2D eigenvalue weighted by atomic mass is 9.92. The Balaban J connectivity index is 2.31. The van der Waals surface area contributed by atoms with Gasteiger partial charge in [0, 0.05) is 17.4 Å². The molecule has 2 rings (SSSR count). The normalized spacial score (nSPS) is 13.1. The molecule has 1 aromatic carbocycles. The van der Waals surface area contributed by atoms with Crippen LogP contribution in [-0.2, 0) is 0 Å². The van der Waals surface area contributed by atoms with Gasteiger partial charge in [-0.05, 0) is 25.0 Å². The second-order valence-electron chi connectivity index (χ2n) is 4.84. The lowest BCUT2D eigenvalue weighted by Gasteiger charge is -2.12. The van der Waals surface area contributed by atoms with E-state index < -0.39 is 0 Å². The molecule has 18 heavy (non-hydrogen) atoms. The van der Waals surface area contributed by atoms with Crippen molar-refractivity contribution in [3.8, 4) is 0 Å². The molecule has 2 aromatic rings. The van der Waals surface area contributed by atoms with Gasteiger partial charge in [-0.15, -0.1) is 0 Å². The van der Waals surface area contributed by atoms with E-state index in [4.69, 9.17) is 4.52 Å². The van der Waals surface area contributed by atoms with Gasteiger partial charge in [-0.25, -0.2) is 4.39 Å². The summed E-state index contributed by atoms with van der Waals surface area (Å²) in [5, 5.41) is 5.13.